The van der Waals surface area contributed by atoms with E-state index in [1.165, 1.54) is 4.90 Å². The van der Waals surface area contributed by atoms with Crippen molar-refractivity contribution in [3.05, 3.63) is 59.1 Å². The Kier molecular flexibility index (Phi) is 9.49. The smallest absolute Gasteiger partial charge is 0.244 e. The van der Waals surface area contributed by atoms with E-state index in [0.717, 1.165) is 17.7 Å². The summed E-state index contributed by atoms with van der Waals surface area (Å²) in [6, 6.07) is 14.4. The molecule has 0 aliphatic heterocycles. The molecule has 8 heteroatoms. The molecule has 2 aromatic rings. The second-order valence-corrected chi connectivity index (χ2v) is 7.76. The second kappa shape index (κ2) is 12.1. The maximum atomic E-state index is 12.6. The quantitative estimate of drug-likeness (QED) is 0.588. The van der Waals surface area contributed by atoms with E-state index in [4.69, 9.17) is 11.6 Å². The summed E-state index contributed by atoms with van der Waals surface area (Å²) in [5.74, 6) is -0.774. The number of anilines is 2. The molecule has 0 fully saturated rings. The van der Waals surface area contributed by atoms with Crippen LogP contribution in [0, 0.1) is 6.92 Å². The number of nitrogens with one attached hydrogen (secondary N) is 2. The predicted molar refractivity (Wildman–Crippen MR) is 124 cm³/mol. The van der Waals surface area contributed by atoms with Gasteiger partial charge >= 0.3 is 0 Å². The zero-order chi connectivity index (χ0) is 22.8. The number of benzene rings is 2. The number of rotatable bonds is 10. The maximum Gasteiger partial charge on any atom is 0.244 e. The van der Waals surface area contributed by atoms with Gasteiger partial charge in [0.15, 0.2) is 0 Å². The number of amides is 3. The molecule has 7 nitrogen and oxygen atoms in total. The number of para-hydroxylation sites is 2. The zero-order valence-electron chi connectivity index (χ0n) is 18.2. The van der Waals surface area contributed by atoms with Crippen molar-refractivity contribution in [1.82, 2.24) is 9.80 Å². The summed E-state index contributed by atoms with van der Waals surface area (Å²) in [5.41, 5.74) is 2.22. The lowest BCUT2D eigenvalue weighted by Crippen LogP contribution is -2.44. The molecule has 0 atom stereocenters. The highest BCUT2D eigenvalue weighted by atomic mass is 35.5. The Morgan fingerprint density at radius 3 is 2.10 bits per heavy atom. The molecule has 0 heterocycles. The highest BCUT2D eigenvalue weighted by molar-refractivity contribution is 6.33. The van der Waals surface area contributed by atoms with Crippen LogP contribution in [0.1, 0.15) is 18.9 Å². The predicted octanol–water partition coefficient (Wildman–Crippen LogP) is 3.40. The van der Waals surface area contributed by atoms with Crippen LogP contribution in [0.3, 0.4) is 0 Å². The van der Waals surface area contributed by atoms with Gasteiger partial charge in [0.1, 0.15) is 0 Å². The highest BCUT2D eigenvalue weighted by Crippen LogP contribution is 2.20. The SMILES string of the molecule is CCCN(CC(=O)Nc1ccccc1C)CC(=O)N(C)CC(=O)Nc1ccccc1Cl. The third-order valence-electron chi connectivity index (χ3n) is 4.64. The summed E-state index contributed by atoms with van der Waals surface area (Å²) in [5, 5.41) is 6.01. The summed E-state index contributed by atoms with van der Waals surface area (Å²) in [6.45, 7) is 4.52. The second-order valence-electron chi connectivity index (χ2n) is 7.35. The molecule has 0 bridgehead atoms. The van der Waals surface area contributed by atoms with Gasteiger partial charge in [0, 0.05) is 12.7 Å². The summed E-state index contributed by atoms with van der Waals surface area (Å²) in [7, 11) is 1.56. The van der Waals surface area contributed by atoms with Crippen molar-refractivity contribution in [2.24, 2.45) is 0 Å². The summed E-state index contributed by atoms with van der Waals surface area (Å²) >= 11 is 6.05. The van der Waals surface area contributed by atoms with Crippen LogP contribution in [-0.4, -0.2) is 60.7 Å². The monoisotopic (exact) mass is 444 g/mol. The van der Waals surface area contributed by atoms with Crippen LogP contribution in [0.25, 0.3) is 0 Å². The van der Waals surface area contributed by atoms with Crippen LogP contribution in [-0.2, 0) is 14.4 Å². The molecule has 2 rings (SSSR count). The first-order valence-corrected chi connectivity index (χ1v) is 10.5. The van der Waals surface area contributed by atoms with Crippen LogP contribution in [0.4, 0.5) is 11.4 Å². The van der Waals surface area contributed by atoms with Gasteiger partial charge in [-0.15, -0.1) is 0 Å². The molecule has 0 radical (unpaired) electrons. The van der Waals surface area contributed by atoms with Gasteiger partial charge in [0.25, 0.3) is 0 Å². The van der Waals surface area contributed by atoms with Gasteiger partial charge in [-0.3, -0.25) is 19.3 Å². The van der Waals surface area contributed by atoms with Crippen LogP contribution < -0.4 is 10.6 Å². The Balaban J connectivity index is 1.88. The van der Waals surface area contributed by atoms with Crippen molar-refractivity contribution in [1.29, 1.82) is 0 Å². The van der Waals surface area contributed by atoms with E-state index >= 15 is 0 Å². The Morgan fingerprint density at radius 1 is 0.871 bits per heavy atom. The number of aryl methyl sites for hydroxylation is 1. The van der Waals surface area contributed by atoms with Gasteiger partial charge in [0.2, 0.25) is 17.7 Å². The van der Waals surface area contributed by atoms with Crippen LogP contribution in [0.2, 0.25) is 5.02 Å². The van der Waals surface area contributed by atoms with E-state index in [9.17, 15) is 14.4 Å². The van der Waals surface area contributed by atoms with Crippen LogP contribution >= 0.6 is 11.6 Å². The van der Waals surface area contributed by atoms with Crippen molar-refractivity contribution in [2.75, 3.05) is 43.9 Å². The molecule has 0 spiro atoms. The average molecular weight is 445 g/mol. The van der Waals surface area contributed by atoms with E-state index in [0.29, 0.717) is 17.3 Å². The minimum Gasteiger partial charge on any atom is -0.335 e. The third kappa shape index (κ3) is 8.03. The first kappa shape index (κ1) is 24.4. The molecular weight excluding hydrogens is 416 g/mol. The van der Waals surface area contributed by atoms with E-state index in [2.05, 4.69) is 10.6 Å². The number of nitrogens with zero attached hydrogens (tertiary/aromatic N) is 2. The fourth-order valence-corrected chi connectivity index (χ4v) is 3.19. The fraction of sp³-hybridized carbons (Fsp3) is 0.348. The number of likely N-dealkylation sites (N-methyl/N-ethyl adjacent to an activating group) is 1. The minimum atomic E-state index is -0.344. The molecule has 0 saturated heterocycles. The average Bonchev–Trinajstić information content (AvgIpc) is 2.71. The molecule has 3 amide bonds. The maximum absolute atomic E-state index is 12.6. The van der Waals surface area contributed by atoms with E-state index in [-0.39, 0.29) is 37.4 Å². The number of carbonyl (C=O) groups is 3. The molecule has 0 saturated carbocycles. The van der Waals surface area contributed by atoms with Gasteiger partial charge in [-0.2, -0.15) is 0 Å². The number of hydrogen-bond donors (Lipinski definition) is 2. The molecular formula is C23H29ClN4O3. The fourth-order valence-electron chi connectivity index (χ4n) is 3.00. The topological polar surface area (TPSA) is 81.8 Å². The van der Waals surface area contributed by atoms with Crippen LogP contribution in [0.15, 0.2) is 48.5 Å². The number of hydrogen-bond acceptors (Lipinski definition) is 4. The largest absolute Gasteiger partial charge is 0.335 e. The summed E-state index contributed by atoms with van der Waals surface area (Å²) < 4.78 is 0. The molecule has 0 aromatic heterocycles. The van der Waals surface area contributed by atoms with E-state index in [1.807, 2.05) is 38.1 Å². The Morgan fingerprint density at radius 2 is 1.45 bits per heavy atom. The number of carbonyl (C=O) groups excluding carboxylic acids is 3. The van der Waals surface area contributed by atoms with Gasteiger partial charge in [-0.1, -0.05) is 48.9 Å². The molecule has 0 aliphatic rings. The lowest BCUT2D eigenvalue weighted by Gasteiger charge is -2.24. The summed E-state index contributed by atoms with van der Waals surface area (Å²) in [6.07, 6.45) is 0.793. The number of halogens is 1. The molecule has 31 heavy (non-hydrogen) atoms. The van der Waals surface area contributed by atoms with Gasteiger partial charge < -0.3 is 15.5 Å². The normalized spacial score (nSPS) is 10.6. The standard InChI is InChI=1S/C23H29ClN4O3/c1-4-13-28(15-22(30)25-19-11-7-5-9-17(19)2)16-23(31)27(3)14-21(29)26-20-12-8-6-10-18(20)24/h5-12H,4,13-16H2,1-3H3,(H,25,30)(H,26,29). The van der Waals surface area contributed by atoms with Crippen molar-refractivity contribution in [2.45, 2.75) is 20.3 Å². The first-order valence-electron chi connectivity index (χ1n) is 10.2. The molecule has 166 valence electrons. The molecule has 0 aliphatic carbocycles. The Labute approximate surface area is 188 Å². The van der Waals surface area contributed by atoms with Crippen molar-refractivity contribution in [3.8, 4) is 0 Å². The summed E-state index contributed by atoms with van der Waals surface area (Å²) in [4.78, 5) is 40.5. The van der Waals surface area contributed by atoms with Crippen molar-refractivity contribution >= 4 is 40.7 Å². The van der Waals surface area contributed by atoms with E-state index in [1.54, 1.807) is 36.2 Å². The zero-order valence-corrected chi connectivity index (χ0v) is 18.9. The molecule has 2 N–H and O–H groups in total. The molecule has 2 aromatic carbocycles. The van der Waals surface area contributed by atoms with Gasteiger partial charge in [-0.05, 0) is 43.7 Å². The lowest BCUT2D eigenvalue weighted by atomic mass is 10.2. The van der Waals surface area contributed by atoms with Gasteiger partial charge in [-0.25, -0.2) is 0 Å². The minimum absolute atomic E-state index is 0.0465. The highest BCUT2D eigenvalue weighted by Gasteiger charge is 2.19. The van der Waals surface area contributed by atoms with Gasteiger partial charge in [0.05, 0.1) is 30.3 Å². The van der Waals surface area contributed by atoms with Crippen LogP contribution in [0.5, 0.6) is 0 Å². The molecule has 0 unspecified atom stereocenters. The van der Waals surface area contributed by atoms with Crippen molar-refractivity contribution < 1.29 is 14.4 Å². The van der Waals surface area contributed by atoms with E-state index < -0.39 is 0 Å². The lowest BCUT2D eigenvalue weighted by molar-refractivity contribution is -0.134. The Bertz CT molecular complexity index is 919. The third-order valence-corrected chi connectivity index (χ3v) is 4.97. The first-order chi connectivity index (χ1) is 14.8. The van der Waals surface area contributed by atoms with Crippen molar-refractivity contribution in [3.63, 3.8) is 0 Å². The Hall–Kier alpha value is -2.90.